The van der Waals surface area contributed by atoms with Crippen LogP contribution in [0.1, 0.15) is 26.7 Å². The highest BCUT2D eigenvalue weighted by atomic mass is 15.3. The van der Waals surface area contributed by atoms with Crippen LogP contribution in [0, 0.1) is 0 Å². The van der Waals surface area contributed by atoms with Crippen LogP contribution < -0.4 is 5.32 Å². The fourth-order valence-corrected chi connectivity index (χ4v) is 3.35. The van der Waals surface area contributed by atoms with Crippen molar-refractivity contribution in [3.05, 3.63) is 0 Å². The maximum Gasteiger partial charge on any atom is 0.0239 e. The topological polar surface area (TPSA) is 21.8 Å². The second-order valence-corrected chi connectivity index (χ2v) is 7.16. The molecular weight excluding hydrogens is 236 g/mol. The Hall–Kier alpha value is -0.160. The van der Waals surface area contributed by atoms with Gasteiger partial charge in [-0.05, 0) is 53.9 Å². The zero-order valence-electron chi connectivity index (χ0n) is 13.3. The van der Waals surface area contributed by atoms with Gasteiger partial charge in [-0.3, -0.25) is 4.90 Å². The molecule has 0 aromatic carbocycles. The molecule has 0 bridgehead atoms. The molecule has 1 atom stereocenters. The van der Waals surface area contributed by atoms with Gasteiger partial charge in [0.2, 0.25) is 0 Å². The Balaban J connectivity index is 1.65. The van der Waals surface area contributed by atoms with Crippen LogP contribution in [0.2, 0.25) is 0 Å². The Morgan fingerprint density at radius 1 is 1.16 bits per heavy atom. The standard InChI is InChI=1S/C15H32N4/c1-15(2)12-14(13-16-15)19-10-8-18(9-11-19)7-5-6-17(3)4/h14,16H,5-13H2,1-4H3. The maximum atomic E-state index is 3.64. The van der Waals surface area contributed by atoms with Crippen molar-refractivity contribution in [2.45, 2.75) is 38.3 Å². The maximum absolute atomic E-state index is 3.64. The van der Waals surface area contributed by atoms with E-state index in [-0.39, 0.29) is 0 Å². The third-order valence-electron chi connectivity index (χ3n) is 4.57. The predicted octanol–water partition coefficient (Wildman–Crippen LogP) is 0.696. The SMILES string of the molecule is CN(C)CCCN1CCN(C2CNC(C)(C)C2)CC1. The first-order valence-electron chi connectivity index (χ1n) is 7.82. The summed E-state index contributed by atoms with van der Waals surface area (Å²) >= 11 is 0. The summed E-state index contributed by atoms with van der Waals surface area (Å²) in [5.74, 6) is 0. The Labute approximate surface area is 119 Å². The van der Waals surface area contributed by atoms with E-state index in [0.29, 0.717) is 5.54 Å². The normalized spacial score (nSPS) is 29.2. The number of hydrogen-bond acceptors (Lipinski definition) is 4. The molecule has 2 rings (SSSR count). The van der Waals surface area contributed by atoms with E-state index in [2.05, 4.69) is 48.0 Å². The van der Waals surface area contributed by atoms with E-state index in [9.17, 15) is 0 Å². The number of rotatable bonds is 5. The van der Waals surface area contributed by atoms with Gasteiger partial charge in [0.05, 0.1) is 0 Å². The molecule has 2 heterocycles. The molecule has 4 nitrogen and oxygen atoms in total. The van der Waals surface area contributed by atoms with Crippen molar-refractivity contribution in [2.24, 2.45) is 0 Å². The average Bonchev–Trinajstić information content (AvgIpc) is 2.70. The monoisotopic (exact) mass is 268 g/mol. The van der Waals surface area contributed by atoms with Gasteiger partial charge in [0.15, 0.2) is 0 Å². The largest absolute Gasteiger partial charge is 0.310 e. The molecule has 2 fully saturated rings. The molecule has 112 valence electrons. The smallest absolute Gasteiger partial charge is 0.0239 e. The van der Waals surface area contributed by atoms with Gasteiger partial charge in [0, 0.05) is 44.3 Å². The lowest BCUT2D eigenvalue weighted by atomic mass is 10.0. The summed E-state index contributed by atoms with van der Waals surface area (Å²) in [6, 6.07) is 0.763. The van der Waals surface area contributed by atoms with Crippen molar-refractivity contribution in [1.82, 2.24) is 20.0 Å². The van der Waals surface area contributed by atoms with E-state index in [1.165, 1.54) is 58.7 Å². The van der Waals surface area contributed by atoms with Crippen LogP contribution in [0.3, 0.4) is 0 Å². The van der Waals surface area contributed by atoms with Crippen LogP contribution in [0.4, 0.5) is 0 Å². The minimum Gasteiger partial charge on any atom is -0.310 e. The Bertz CT molecular complexity index is 269. The third-order valence-corrected chi connectivity index (χ3v) is 4.57. The van der Waals surface area contributed by atoms with Crippen molar-refractivity contribution in [3.63, 3.8) is 0 Å². The van der Waals surface area contributed by atoms with Crippen molar-refractivity contribution >= 4 is 0 Å². The highest BCUT2D eigenvalue weighted by Gasteiger charge is 2.34. The van der Waals surface area contributed by atoms with E-state index in [0.717, 1.165) is 6.04 Å². The first kappa shape index (κ1) is 15.2. The second-order valence-electron chi connectivity index (χ2n) is 7.16. The molecule has 0 spiro atoms. The van der Waals surface area contributed by atoms with Crippen molar-refractivity contribution in [1.29, 1.82) is 0 Å². The van der Waals surface area contributed by atoms with Gasteiger partial charge in [-0.2, -0.15) is 0 Å². The molecule has 1 N–H and O–H groups in total. The van der Waals surface area contributed by atoms with Gasteiger partial charge in [0.25, 0.3) is 0 Å². The first-order chi connectivity index (χ1) is 8.96. The molecule has 0 aliphatic carbocycles. The van der Waals surface area contributed by atoms with Crippen molar-refractivity contribution in [3.8, 4) is 0 Å². The lowest BCUT2D eigenvalue weighted by Gasteiger charge is -2.38. The molecule has 2 saturated heterocycles. The van der Waals surface area contributed by atoms with E-state index in [1.807, 2.05) is 0 Å². The van der Waals surface area contributed by atoms with Crippen molar-refractivity contribution < 1.29 is 0 Å². The second kappa shape index (κ2) is 6.53. The van der Waals surface area contributed by atoms with Gasteiger partial charge in [0.1, 0.15) is 0 Å². The summed E-state index contributed by atoms with van der Waals surface area (Å²) in [5, 5.41) is 3.64. The van der Waals surface area contributed by atoms with Gasteiger partial charge >= 0.3 is 0 Å². The van der Waals surface area contributed by atoms with E-state index >= 15 is 0 Å². The molecule has 0 amide bonds. The van der Waals surface area contributed by atoms with Crippen LogP contribution in [0.15, 0.2) is 0 Å². The molecule has 2 aliphatic rings. The minimum atomic E-state index is 0.341. The molecule has 0 aromatic rings. The summed E-state index contributed by atoms with van der Waals surface area (Å²) in [6.07, 6.45) is 2.60. The number of piperazine rings is 1. The number of nitrogens with one attached hydrogen (secondary N) is 1. The van der Waals surface area contributed by atoms with Gasteiger partial charge < -0.3 is 15.1 Å². The molecule has 19 heavy (non-hydrogen) atoms. The quantitative estimate of drug-likeness (QED) is 0.792. The van der Waals surface area contributed by atoms with Crippen LogP contribution in [-0.4, -0.2) is 86.2 Å². The van der Waals surface area contributed by atoms with E-state index in [1.54, 1.807) is 0 Å². The summed E-state index contributed by atoms with van der Waals surface area (Å²) < 4.78 is 0. The zero-order valence-corrected chi connectivity index (χ0v) is 13.3. The highest BCUT2D eigenvalue weighted by molar-refractivity contribution is 4.95. The Kier molecular flexibility index (Phi) is 5.23. The van der Waals surface area contributed by atoms with Gasteiger partial charge in [-0.25, -0.2) is 0 Å². The molecule has 0 radical (unpaired) electrons. The molecule has 1 unspecified atom stereocenters. The zero-order chi connectivity index (χ0) is 13.9. The lowest BCUT2D eigenvalue weighted by molar-refractivity contribution is 0.0980. The molecule has 4 heteroatoms. The summed E-state index contributed by atoms with van der Waals surface area (Å²) in [4.78, 5) is 7.61. The third kappa shape index (κ3) is 4.71. The fourth-order valence-electron chi connectivity index (χ4n) is 3.35. The minimum absolute atomic E-state index is 0.341. The number of nitrogens with zero attached hydrogens (tertiary/aromatic N) is 3. The molecule has 0 aromatic heterocycles. The summed E-state index contributed by atoms with van der Waals surface area (Å²) in [6.45, 7) is 13.3. The first-order valence-corrected chi connectivity index (χ1v) is 7.82. The fraction of sp³-hybridized carbons (Fsp3) is 1.00. The summed E-state index contributed by atoms with van der Waals surface area (Å²) in [5.41, 5.74) is 0.341. The van der Waals surface area contributed by atoms with Crippen molar-refractivity contribution in [2.75, 3.05) is 59.9 Å². The Morgan fingerprint density at radius 3 is 2.37 bits per heavy atom. The molecule has 2 aliphatic heterocycles. The lowest BCUT2D eigenvalue weighted by Crippen LogP contribution is -2.51. The predicted molar refractivity (Wildman–Crippen MR) is 81.7 cm³/mol. The van der Waals surface area contributed by atoms with E-state index in [4.69, 9.17) is 0 Å². The summed E-state index contributed by atoms with van der Waals surface area (Å²) in [7, 11) is 4.32. The van der Waals surface area contributed by atoms with Crippen LogP contribution in [-0.2, 0) is 0 Å². The molecular formula is C15H32N4. The Morgan fingerprint density at radius 2 is 1.84 bits per heavy atom. The number of hydrogen-bond donors (Lipinski definition) is 1. The van der Waals surface area contributed by atoms with Crippen LogP contribution in [0.5, 0.6) is 0 Å². The highest BCUT2D eigenvalue weighted by Crippen LogP contribution is 2.23. The van der Waals surface area contributed by atoms with Gasteiger partial charge in [-0.1, -0.05) is 0 Å². The van der Waals surface area contributed by atoms with Crippen LogP contribution >= 0.6 is 0 Å². The van der Waals surface area contributed by atoms with Gasteiger partial charge in [-0.15, -0.1) is 0 Å². The average molecular weight is 268 g/mol. The van der Waals surface area contributed by atoms with E-state index < -0.39 is 0 Å². The van der Waals surface area contributed by atoms with Crippen LogP contribution in [0.25, 0.3) is 0 Å². The molecule has 0 saturated carbocycles.